The molecule has 0 atom stereocenters. The zero-order chi connectivity index (χ0) is 13.4. The number of aromatic nitrogens is 1. The largest absolute Gasteiger partial charge is 0.573 e. The van der Waals surface area contributed by atoms with Crippen molar-refractivity contribution in [3.05, 3.63) is 11.8 Å². The van der Waals surface area contributed by atoms with E-state index in [0.29, 0.717) is 6.20 Å². The van der Waals surface area contributed by atoms with Gasteiger partial charge in [0, 0.05) is 16.2 Å². The number of hydrogen-bond donors (Lipinski definition) is 1. The van der Waals surface area contributed by atoms with E-state index in [1.165, 1.54) is 0 Å². The minimum absolute atomic E-state index is 0.503. The first-order valence-corrected chi connectivity index (χ1v) is 6.22. The van der Waals surface area contributed by atoms with E-state index < -0.39 is 37.5 Å². The summed E-state index contributed by atoms with van der Waals surface area (Å²) in [7, 11) is 0.625. The standard InChI is InChI=1S/C7H5ClF3NO4S/c1-3-5(16-7(9,10)11)4(13)2-12-6(3)17(8,14)15/h2,13H,1H3. The highest BCUT2D eigenvalue weighted by atomic mass is 35.7. The zero-order valence-corrected chi connectivity index (χ0v) is 9.69. The van der Waals surface area contributed by atoms with Crippen LogP contribution in [0.2, 0.25) is 0 Å². The maximum absolute atomic E-state index is 12.0. The molecular weight excluding hydrogens is 287 g/mol. The zero-order valence-electron chi connectivity index (χ0n) is 8.12. The van der Waals surface area contributed by atoms with Crippen LogP contribution in [-0.4, -0.2) is 24.9 Å². The first-order valence-electron chi connectivity index (χ1n) is 3.91. The maximum atomic E-state index is 12.0. The summed E-state index contributed by atoms with van der Waals surface area (Å²) in [4.78, 5) is 3.22. The van der Waals surface area contributed by atoms with E-state index in [4.69, 9.17) is 15.8 Å². The van der Waals surface area contributed by atoms with E-state index in [9.17, 15) is 21.6 Å². The van der Waals surface area contributed by atoms with Crippen LogP contribution in [-0.2, 0) is 9.05 Å². The number of alkyl halides is 3. The molecular formula is C7H5ClF3NO4S. The van der Waals surface area contributed by atoms with Crippen LogP contribution in [0.15, 0.2) is 11.2 Å². The highest BCUT2D eigenvalue weighted by Crippen LogP contribution is 2.36. The van der Waals surface area contributed by atoms with E-state index in [1.54, 1.807) is 0 Å². The summed E-state index contributed by atoms with van der Waals surface area (Å²) in [5, 5.41) is 8.31. The molecule has 1 N–H and O–H groups in total. The molecule has 0 aliphatic carbocycles. The normalized spacial score (nSPS) is 12.5. The molecule has 1 aromatic rings. The average Bonchev–Trinajstić information content (AvgIpc) is 2.08. The molecule has 0 bridgehead atoms. The lowest BCUT2D eigenvalue weighted by Gasteiger charge is -2.13. The Morgan fingerprint density at radius 2 is 2.00 bits per heavy atom. The van der Waals surface area contributed by atoms with Crippen molar-refractivity contribution >= 4 is 19.7 Å². The van der Waals surface area contributed by atoms with Gasteiger partial charge in [-0.15, -0.1) is 13.2 Å². The second-order valence-corrected chi connectivity index (χ2v) is 5.37. The van der Waals surface area contributed by atoms with E-state index in [-0.39, 0.29) is 0 Å². The summed E-state index contributed by atoms with van der Waals surface area (Å²) in [5.74, 6) is -1.99. The van der Waals surface area contributed by atoms with Crippen molar-refractivity contribution < 1.29 is 31.4 Å². The van der Waals surface area contributed by atoms with Crippen molar-refractivity contribution in [2.45, 2.75) is 18.3 Å². The minimum Gasteiger partial charge on any atom is -0.503 e. The van der Waals surface area contributed by atoms with Gasteiger partial charge in [-0.25, -0.2) is 13.4 Å². The number of hydrogen-bond acceptors (Lipinski definition) is 5. The summed E-state index contributed by atoms with van der Waals surface area (Å²) in [5.41, 5.74) is -0.530. The lowest BCUT2D eigenvalue weighted by molar-refractivity contribution is -0.275. The Bertz CT molecular complexity index is 543. The van der Waals surface area contributed by atoms with E-state index >= 15 is 0 Å². The van der Waals surface area contributed by atoms with Gasteiger partial charge >= 0.3 is 6.36 Å². The van der Waals surface area contributed by atoms with Gasteiger partial charge in [-0.05, 0) is 6.92 Å². The van der Waals surface area contributed by atoms with Crippen LogP contribution in [0.25, 0.3) is 0 Å². The Hall–Kier alpha value is -1.22. The molecule has 96 valence electrons. The summed E-state index contributed by atoms with van der Waals surface area (Å²) < 4.78 is 61.4. The predicted molar refractivity (Wildman–Crippen MR) is 50.4 cm³/mol. The number of halogens is 4. The fourth-order valence-electron chi connectivity index (χ4n) is 1.05. The Labute approximate surface area is 98.2 Å². The molecule has 5 nitrogen and oxygen atoms in total. The third kappa shape index (κ3) is 3.37. The Balaban J connectivity index is 3.41. The SMILES string of the molecule is Cc1c(S(=O)(=O)Cl)ncc(O)c1OC(F)(F)F. The third-order valence-corrected chi connectivity index (χ3v) is 2.96. The molecule has 0 radical (unpaired) electrons. The van der Waals surface area contributed by atoms with Gasteiger partial charge < -0.3 is 9.84 Å². The van der Waals surface area contributed by atoms with Crippen molar-refractivity contribution in [1.82, 2.24) is 4.98 Å². The highest BCUT2D eigenvalue weighted by molar-refractivity contribution is 8.13. The first-order chi connectivity index (χ1) is 7.52. The number of aromatic hydroxyl groups is 1. The fourth-order valence-corrected chi connectivity index (χ4v) is 2.16. The third-order valence-electron chi connectivity index (χ3n) is 1.65. The van der Waals surface area contributed by atoms with Gasteiger partial charge in [0.1, 0.15) is 0 Å². The smallest absolute Gasteiger partial charge is 0.503 e. The monoisotopic (exact) mass is 291 g/mol. The van der Waals surface area contributed by atoms with Gasteiger partial charge in [0.15, 0.2) is 16.5 Å². The van der Waals surface area contributed by atoms with Gasteiger partial charge in [0.05, 0.1) is 6.20 Å². The molecule has 1 aromatic heterocycles. The van der Waals surface area contributed by atoms with Crippen LogP contribution in [0, 0.1) is 6.92 Å². The quantitative estimate of drug-likeness (QED) is 0.843. The van der Waals surface area contributed by atoms with E-state index in [1.807, 2.05) is 0 Å². The van der Waals surface area contributed by atoms with Crippen molar-refractivity contribution in [1.29, 1.82) is 0 Å². The van der Waals surface area contributed by atoms with E-state index in [2.05, 4.69) is 9.72 Å². The molecule has 0 saturated heterocycles. The molecule has 0 aliphatic rings. The number of ether oxygens (including phenoxy) is 1. The Morgan fingerprint density at radius 1 is 1.47 bits per heavy atom. The van der Waals surface area contributed by atoms with Gasteiger partial charge in [0.25, 0.3) is 9.05 Å². The molecule has 0 amide bonds. The minimum atomic E-state index is -5.07. The molecule has 0 aromatic carbocycles. The van der Waals surface area contributed by atoms with Crippen molar-refractivity contribution in [2.24, 2.45) is 0 Å². The van der Waals surface area contributed by atoms with Gasteiger partial charge in [-0.1, -0.05) is 0 Å². The number of nitrogens with zero attached hydrogens (tertiary/aromatic N) is 1. The Morgan fingerprint density at radius 3 is 2.41 bits per heavy atom. The predicted octanol–water partition coefficient (Wildman–Crippen LogP) is 1.92. The molecule has 10 heteroatoms. The molecule has 0 spiro atoms. The van der Waals surface area contributed by atoms with Gasteiger partial charge in [0.2, 0.25) is 0 Å². The second-order valence-electron chi connectivity index (χ2n) is 2.89. The molecule has 0 saturated carbocycles. The lowest BCUT2D eigenvalue weighted by Crippen LogP contribution is -2.18. The van der Waals surface area contributed by atoms with Crippen LogP contribution in [0.4, 0.5) is 13.2 Å². The lowest BCUT2D eigenvalue weighted by atomic mass is 10.3. The van der Waals surface area contributed by atoms with Gasteiger partial charge in [-0.3, -0.25) is 0 Å². The topological polar surface area (TPSA) is 76.5 Å². The fraction of sp³-hybridized carbons (Fsp3) is 0.286. The number of rotatable bonds is 2. The van der Waals surface area contributed by atoms with Gasteiger partial charge in [-0.2, -0.15) is 0 Å². The van der Waals surface area contributed by atoms with Crippen LogP contribution < -0.4 is 4.74 Å². The van der Waals surface area contributed by atoms with Crippen molar-refractivity contribution in [3.8, 4) is 11.5 Å². The second kappa shape index (κ2) is 4.22. The summed E-state index contributed by atoms with van der Waals surface area (Å²) in [6, 6.07) is 0. The van der Waals surface area contributed by atoms with Crippen LogP contribution in [0.5, 0.6) is 11.5 Å². The maximum Gasteiger partial charge on any atom is 0.573 e. The molecule has 1 heterocycles. The Kier molecular flexibility index (Phi) is 3.44. The van der Waals surface area contributed by atoms with E-state index in [0.717, 1.165) is 6.92 Å². The van der Waals surface area contributed by atoms with Crippen LogP contribution in [0.1, 0.15) is 5.56 Å². The number of pyridine rings is 1. The molecule has 0 unspecified atom stereocenters. The average molecular weight is 292 g/mol. The summed E-state index contributed by atoms with van der Waals surface area (Å²) >= 11 is 0. The van der Waals surface area contributed by atoms with Crippen LogP contribution in [0.3, 0.4) is 0 Å². The summed E-state index contributed by atoms with van der Waals surface area (Å²) in [6.07, 6.45) is -4.57. The van der Waals surface area contributed by atoms with Crippen LogP contribution >= 0.6 is 10.7 Å². The molecule has 1 rings (SSSR count). The first kappa shape index (κ1) is 13.8. The van der Waals surface area contributed by atoms with Crippen molar-refractivity contribution in [2.75, 3.05) is 0 Å². The molecule has 17 heavy (non-hydrogen) atoms. The van der Waals surface area contributed by atoms with Crippen molar-refractivity contribution in [3.63, 3.8) is 0 Å². The summed E-state index contributed by atoms with van der Waals surface area (Å²) in [6.45, 7) is 0.975. The molecule has 0 aliphatic heterocycles. The molecule has 0 fully saturated rings. The highest BCUT2D eigenvalue weighted by Gasteiger charge is 2.34.